The number of nitrogens with one attached hydrogen (secondary N) is 3. The van der Waals surface area contributed by atoms with Crippen molar-refractivity contribution in [2.75, 3.05) is 10.6 Å². The molecule has 6 nitrogen and oxygen atoms in total. The van der Waals surface area contributed by atoms with Crippen molar-refractivity contribution in [3.8, 4) is 0 Å². The van der Waals surface area contributed by atoms with E-state index in [0.29, 0.717) is 22.5 Å². The summed E-state index contributed by atoms with van der Waals surface area (Å²) in [6.07, 6.45) is -4.50. The van der Waals surface area contributed by atoms with Crippen LogP contribution in [-0.4, -0.2) is 20.2 Å². The molecular weight excluding hydrogens is 405 g/mol. The fraction of sp³-hybridized carbons (Fsp3) is 0.0455. The summed E-state index contributed by atoms with van der Waals surface area (Å²) in [6, 6.07) is 20.0. The minimum Gasteiger partial charge on any atom is -0.324 e. The van der Waals surface area contributed by atoms with E-state index in [4.69, 9.17) is 0 Å². The van der Waals surface area contributed by atoms with Gasteiger partial charge in [0.1, 0.15) is 5.82 Å². The van der Waals surface area contributed by atoms with Gasteiger partial charge in [0.2, 0.25) is 5.95 Å². The number of rotatable bonds is 4. The van der Waals surface area contributed by atoms with Gasteiger partial charge in [-0.3, -0.25) is 5.10 Å². The van der Waals surface area contributed by atoms with E-state index in [9.17, 15) is 13.2 Å². The summed E-state index contributed by atoms with van der Waals surface area (Å²) < 4.78 is 40.1. The van der Waals surface area contributed by atoms with Crippen molar-refractivity contribution in [1.29, 1.82) is 0 Å². The maximum Gasteiger partial charge on any atom is 0.418 e. The zero-order chi connectivity index (χ0) is 21.4. The van der Waals surface area contributed by atoms with Crippen LogP contribution in [0.2, 0.25) is 0 Å². The van der Waals surface area contributed by atoms with Crippen LogP contribution >= 0.6 is 0 Å². The maximum atomic E-state index is 13.4. The van der Waals surface area contributed by atoms with Gasteiger partial charge in [-0.2, -0.15) is 23.3 Å². The lowest BCUT2D eigenvalue weighted by molar-refractivity contribution is -0.136. The Bertz CT molecular complexity index is 1390. The van der Waals surface area contributed by atoms with Crippen LogP contribution in [0.5, 0.6) is 0 Å². The number of benzene rings is 3. The van der Waals surface area contributed by atoms with Gasteiger partial charge in [0.25, 0.3) is 0 Å². The van der Waals surface area contributed by atoms with Crippen LogP contribution in [0.1, 0.15) is 5.56 Å². The number of aromatic nitrogens is 4. The van der Waals surface area contributed by atoms with Crippen molar-refractivity contribution in [2.45, 2.75) is 6.18 Å². The minimum atomic E-state index is -4.50. The van der Waals surface area contributed by atoms with Crippen LogP contribution in [0.15, 0.2) is 72.8 Å². The number of nitrogens with zero attached hydrogens (tertiary/aromatic N) is 3. The van der Waals surface area contributed by atoms with E-state index < -0.39 is 11.7 Å². The number of alkyl halides is 3. The molecule has 0 aliphatic heterocycles. The first-order valence-corrected chi connectivity index (χ1v) is 9.39. The summed E-state index contributed by atoms with van der Waals surface area (Å²) in [7, 11) is 0. The highest BCUT2D eigenvalue weighted by molar-refractivity contribution is 5.96. The van der Waals surface area contributed by atoms with Crippen LogP contribution in [0, 0.1) is 0 Å². The highest BCUT2D eigenvalue weighted by Crippen LogP contribution is 2.36. The highest BCUT2D eigenvalue weighted by atomic mass is 19.4. The third-order valence-electron chi connectivity index (χ3n) is 4.79. The molecule has 9 heteroatoms. The van der Waals surface area contributed by atoms with E-state index in [0.717, 1.165) is 17.0 Å². The highest BCUT2D eigenvalue weighted by Gasteiger charge is 2.33. The van der Waals surface area contributed by atoms with Crippen molar-refractivity contribution in [3.63, 3.8) is 0 Å². The SMILES string of the molecule is FC(F)(F)c1ccccc1Nc1nc(Nc2n[nH]c3ccccc23)c2ccccc2n1. The second kappa shape index (κ2) is 7.28. The molecule has 0 aliphatic carbocycles. The van der Waals surface area contributed by atoms with Crippen LogP contribution in [0.4, 0.5) is 36.4 Å². The quantitative estimate of drug-likeness (QED) is 0.332. The Kier molecular flexibility index (Phi) is 4.43. The second-order valence-electron chi connectivity index (χ2n) is 6.82. The second-order valence-corrected chi connectivity index (χ2v) is 6.82. The Labute approximate surface area is 174 Å². The molecule has 0 atom stereocenters. The predicted octanol–water partition coefficient (Wildman–Crippen LogP) is 6.01. The molecule has 2 heterocycles. The molecule has 0 aliphatic rings. The number of anilines is 4. The average Bonchev–Trinajstić information content (AvgIpc) is 3.16. The molecule has 0 saturated heterocycles. The van der Waals surface area contributed by atoms with Gasteiger partial charge in [-0.1, -0.05) is 36.4 Å². The zero-order valence-corrected chi connectivity index (χ0v) is 15.9. The lowest BCUT2D eigenvalue weighted by Crippen LogP contribution is -2.10. The lowest BCUT2D eigenvalue weighted by atomic mass is 10.1. The molecule has 5 rings (SSSR count). The molecular formula is C22H15F3N6. The van der Waals surface area contributed by atoms with Crippen molar-refractivity contribution in [1.82, 2.24) is 20.2 Å². The summed E-state index contributed by atoms with van der Waals surface area (Å²) in [5.74, 6) is 1.02. The van der Waals surface area contributed by atoms with Gasteiger partial charge in [0, 0.05) is 10.8 Å². The number of hydrogen-bond acceptors (Lipinski definition) is 5. The fourth-order valence-electron chi connectivity index (χ4n) is 3.36. The van der Waals surface area contributed by atoms with Gasteiger partial charge < -0.3 is 10.6 Å². The monoisotopic (exact) mass is 420 g/mol. The third-order valence-corrected chi connectivity index (χ3v) is 4.79. The van der Waals surface area contributed by atoms with Crippen LogP contribution in [0.3, 0.4) is 0 Å². The number of hydrogen-bond donors (Lipinski definition) is 3. The van der Waals surface area contributed by atoms with Gasteiger partial charge in [-0.15, -0.1) is 0 Å². The molecule has 0 spiro atoms. The van der Waals surface area contributed by atoms with Crippen molar-refractivity contribution >= 4 is 45.1 Å². The molecule has 0 amide bonds. The Morgan fingerprint density at radius 3 is 2.26 bits per heavy atom. The van der Waals surface area contributed by atoms with E-state index in [1.165, 1.54) is 18.2 Å². The average molecular weight is 420 g/mol. The van der Waals surface area contributed by atoms with E-state index in [2.05, 4.69) is 30.8 Å². The topological polar surface area (TPSA) is 78.5 Å². The van der Waals surface area contributed by atoms with E-state index >= 15 is 0 Å². The molecule has 0 radical (unpaired) electrons. The molecule has 3 N–H and O–H groups in total. The summed E-state index contributed by atoms with van der Waals surface area (Å²) in [5.41, 5.74) is 0.508. The van der Waals surface area contributed by atoms with Gasteiger partial charge in [-0.25, -0.2) is 4.98 Å². The zero-order valence-electron chi connectivity index (χ0n) is 15.9. The summed E-state index contributed by atoms with van der Waals surface area (Å²) in [4.78, 5) is 8.83. The first kappa shape index (κ1) is 18.9. The Balaban J connectivity index is 1.59. The lowest BCUT2D eigenvalue weighted by Gasteiger charge is -2.15. The first-order valence-electron chi connectivity index (χ1n) is 9.39. The molecule has 0 bridgehead atoms. The Hall–Kier alpha value is -4.14. The molecule has 0 fully saturated rings. The summed E-state index contributed by atoms with van der Waals surface area (Å²) in [5, 5.41) is 14.7. The van der Waals surface area contributed by atoms with E-state index in [-0.39, 0.29) is 11.6 Å². The largest absolute Gasteiger partial charge is 0.418 e. The fourth-order valence-corrected chi connectivity index (χ4v) is 3.36. The third kappa shape index (κ3) is 3.61. The number of fused-ring (bicyclic) bond motifs is 2. The van der Waals surface area contributed by atoms with Gasteiger partial charge >= 0.3 is 6.18 Å². The standard InChI is InChI=1S/C22H15F3N6/c23-22(24,25)15-9-3-6-12-18(15)27-21-26-16-10-4-1-7-13(16)19(29-21)28-20-14-8-2-5-11-17(14)30-31-20/h1-12H,(H3,26,27,28,29,30,31). The van der Waals surface area contributed by atoms with Crippen molar-refractivity contribution in [2.24, 2.45) is 0 Å². The molecule has 0 unspecified atom stereocenters. The van der Waals surface area contributed by atoms with Crippen LogP contribution in [0.25, 0.3) is 21.8 Å². The molecule has 3 aromatic carbocycles. The summed E-state index contributed by atoms with van der Waals surface area (Å²) >= 11 is 0. The maximum absolute atomic E-state index is 13.4. The molecule has 0 saturated carbocycles. The minimum absolute atomic E-state index is 0.0396. The predicted molar refractivity (Wildman–Crippen MR) is 114 cm³/mol. The van der Waals surface area contributed by atoms with Crippen molar-refractivity contribution < 1.29 is 13.2 Å². The molecule has 31 heavy (non-hydrogen) atoms. The molecule has 2 aromatic heterocycles. The van der Waals surface area contributed by atoms with E-state index in [1.54, 1.807) is 12.1 Å². The normalized spacial score (nSPS) is 11.7. The molecule has 5 aromatic rings. The summed E-state index contributed by atoms with van der Waals surface area (Å²) in [6.45, 7) is 0. The number of halogens is 3. The first-order chi connectivity index (χ1) is 15.0. The Morgan fingerprint density at radius 1 is 0.710 bits per heavy atom. The van der Waals surface area contributed by atoms with Gasteiger partial charge in [0.05, 0.1) is 22.3 Å². The number of aromatic amines is 1. The van der Waals surface area contributed by atoms with Crippen molar-refractivity contribution in [3.05, 3.63) is 78.4 Å². The van der Waals surface area contributed by atoms with E-state index in [1.807, 2.05) is 36.4 Å². The molecule has 154 valence electrons. The van der Waals surface area contributed by atoms with Crippen LogP contribution in [-0.2, 0) is 6.18 Å². The van der Waals surface area contributed by atoms with Gasteiger partial charge in [0.15, 0.2) is 5.82 Å². The van der Waals surface area contributed by atoms with Gasteiger partial charge in [-0.05, 0) is 36.4 Å². The number of para-hydroxylation sites is 3. The number of H-pyrrole nitrogens is 1. The Morgan fingerprint density at radius 2 is 1.42 bits per heavy atom. The van der Waals surface area contributed by atoms with Crippen LogP contribution < -0.4 is 10.6 Å². The smallest absolute Gasteiger partial charge is 0.324 e.